The molecule has 2 aromatic carbocycles. The first kappa shape index (κ1) is 24.0. The van der Waals surface area contributed by atoms with Crippen LogP contribution in [0.25, 0.3) is 22.4 Å². The molecule has 4 aromatic rings. The van der Waals surface area contributed by atoms with Gasteiger partial charge >= 0.3 is 0 Å². The number of aromatic amines is 2. The van der Waals surface area contributed by atoms with Crippen LogP contribution in [0.1, 0.15) is 11.1 Å². The van der Waals surface area contributed by atoms with Gasteiger partial charge in [0, 0.05) is 50.2 Å². The van der Waals surface area contributed by atoms with Crippen LogP contribution in [0, 0.1) is 12.8 Å². The minimum absolute atomic E-state index is 0.0319. The molecule has 1 aliphatic heterocycles. The Balaban J connectivity index is 1.46. The van der Waals surface area contributed by atoms with Crippen molar-refractivity contribution >= 4 is 28.6 Å². The second kappa shape index (κ2) is 10.5. The van der Waals surface area contributed by atoms with Crippen molar-refractivity contribution in [2.45, 2.75) is 13.3 Å². The Kier molecular flexibility index (Phi) is 6.97. The van der Waals surface area contributed by atoms with Gasteiger partial charge < -0.3 is 24.9 Å². The van der Waals surface area contributed by atoms with Crippen molar-refractivity contribution in [3.05, 3.63) is 76.2 Å². The van der Waals surface area contributed by atoms with Gasteiger partial charge in [0.05, 0.1) is 23.3 Å². The summed E-state index contributed by atoms with van der Waals surface area (Å²) >= 11 is 0. The van der Waals surface area contributed by atoms with E-state index in [0.29, 0.717) is 23.5 Å². The highest BCUT2D eigenvalue weighted by molar-refractivity contribution is 5.87. The molecule has 8 heteroatoms. The number of pyridine rings is 1. The lowest BCUT2D eigenvalue weighted by Gasteiger charge is -2.34. The number of hydrogen-bond donors (Lipinski definition) is 3. The van der Waals surface area contributed by atoms with Crippen molar-refractivity contribution in [2.24, 2.45) is 10.9 Å². The van der Waals surface area contributed by atoms with Crippen LogP contribution in [0.15, 0.2) is 64.5 Å². The number of nitrogens with one attached hydrogen (secondary N) is 2. The summed E-state index contributed by atoms with van der Waals surface area (Å²) in [5, 5.41) is 9.90. The molecule has 186 valence electrons. The minimum Gasteiger partial charge on any atom is -0.396 e. The summed E-state index contributed by atoms with van der Waals surface area (Å²) < 4.78 is 0. The standard InChI is InChI=1S/C28H32N6O2/c1-19-14-22(34-12-10-33(2)11-13-34)16-24-26(19)32-27(31-24)25-23(8-9-29-28(25)36)30-17-21(18-35)15-20-6-4-3-5-7-20/h3-9,14,16-17,21,35H,10-13,15,18H2,1-2H3,(H,29,36)(H,31,32). The number of H-pyrrole nitrogens is 2. The van der Waals surface area contributed by atoms with Crippen molar-refractivity contribution in [2.75, 3.05) is 44.7 Å². The molecule has 0 amide bonds. The summed E-state index contributed by atoms with van der Waals surface area (Å²) in [4.78, 5) is 33.2. The SMILES string of the molecule is Cc1cc(N2CCN(C)CC2)cc2[nH]c(-c3c(N=CC(CO)Cc4ccccc4)cc[nH]c3=O)nc12. The third kappa shape index (κ3) is 5.10. The molecule has 0 radical (unpaired) electrons. The highest BCUT2D eigenvalue weighted by Gasteiger charge is 2.19. The largest absolute Gasteiger partial charge is 0.396 e. The fraction of sp³-hybridized carbons (Fsp3) is 0.321. The van der Waals surface area contributed by atoms with Crippen LogP contribution < -0.4 is 10.5 Å². The molecule has 3 N–H and O–H groups in total. The van der Waals surface area contributed by atoms with E-state index in [0.717, 1.165) is 54.0 Å². The number of benzene rings is 2. The summed E-state index contributed by atoms with van der Waals surface area (Å²) in [5.74, 6) is 0.324. The molecule has 1 unspecified atom stereocenters. The molecular weight excluding hydrogens is 452 g/mol. The monoisotopic (exact) mass is 484 g/mol. The molecule has 1 atom stereocenters. The van der Waals surface area contributed by atoms with Gasteiger partial charge in [0.15, 0.2) is 0 Å². The van der Waals surface area contributed by atoms with E-state index in [2.05, 4.69) is 50.9 Å². The second-order valence-electron chi connectivity index (χ2n) is 9.51. The van der Waals surface area contributed by atoms with Crippen molar-refractivity contribution < 1.29 is 5.11 Å². The molecule has 5 rings (SSSR count). The van der Waals surface area contributed by atoms with Gasteiger partial charge in [-0.1, -0.05) is 30.3 Å². The predicted molar refractivity (Wildman–Crippen MR) is 145 cm³/mol. The zero-order valence-corrected chi connectivity index (χ0v) is 20.7. The van der Waals surface area contributed by atoms with Crippen LogP contribution >= 0.6 is 0 Å². The first-order valence-electron chi connectivity index (χ1n) is 12.4. The van der Waals surface area contributed by atoms with Gasteiger partial charge in [0.2, 0.25) is 0 Å². The Morgan fingerprint density at radius 3 is 2.67 bits per heavy atom. The van der Waals surface area contributed by atoms with E-state index in [1.165, 1.54) is 0 Å². The molecule has 3 heterocycles. The van der Waals surface area contributed by atoms with Crippen LogP contribution in [-0.2, 0) is 6.42 Å². The molecule has 0 aliphatic carbocycles. The van der Waals surface area contributed by atoms with Gasteiger partial charge in [-0.15, -0.1) is 0 Å². The van der Waals surface area contributed by atoms with E-state index in [4.69, 9.17) is 4.98 Å². The number of imidazole rings is 1. The Bertz CT molecular complexity index is 1420. The summed E-state index contributed by atoms with van der Waals surface area (Å²) in [6.45, 7) is 6.05. The summed E-state index contributed by atoms with van der Waals surface area (Å²) in [5.41, 5.74) is 5.73. The molecule has 2 aromatic heterocycles. The Morgan fingerprint density at radius 2 is 1.92 bits per heavy atom. The maximum atomic E-state index is 12.9. The molecule has 0 spiro atoms. The first-order valence-corrected chi connectivity index (χ1v) is 12.4. The molecule has 1 fully saturated rings. The lowest BCUT2D eigenvalue weighted by Crippen LogP contribution is -2.44. The number of hydrogen-bond acceptors (Lipinski definition) is 6. The van der Waals surface area contributed by atoms with Crippen LogP contribution in [0.2, 0.25) is 0 Å². The van der Waals surface area contributed by atoms with Gasteiger partial charge in [0.1, 0.15) is 11.4 Å². The zero-order valence-electron chi connectivity index (χ0n) is 20.7. The number of nitrogens with zero attached hydrogens (tertiary/aromatic N) is 4. The van der Waals surface area contributed by atoms with E-state index in [1.54, 1.807) is 18.5 Å². The molecule has 1 aliphatic rings. The van der Waals surface area contributed by atoms with Gasteiger partial charge in [-0.2, -0.15) is 0 Å². The number of aromatic nitrogens is 3. The summed E-state index contributed by atoms with van der Waals surface area (Å²) in [7, 11) is 2.15. The van der Waals surface area contributed by atoms with Gasteiger partial charge in [-0.05, 0) is 49.7 Å². The van der Waals surface area contributed by atoms with Crippen molar-refractivity contribution in [3.8, 4) is 11.4 Å². The number of anilines is 1. The number of aliphatic hydroxyl groups is 1. The number of aliphatic hydroxyl groups excluding tert-OH is 1. The number of rotatable bonds is 7. The van der Waals surface area contributed by atoms with Crippen molar-refractivity contribution in [1.82, 2.24) is 19.9 Å². The Hall–Kier alpha value is -3.75. The number of aryl methyl sites for hydroxylation is 1. The van der Waals surface area contributed by atoms with Crippen LogP contribution in [0.5, 0.6) is 0 Å². The topological polar surface area (TPSA) is 101 Å². The normalized spacial score (nSPS) is 15.7. The van der Waals surface area contributed by atoms with Crippen LogP contribution in [0.3, 0.4) is 0 Å². The maximum Gasteiger partial charge on any atom is 0.261 e. The lowest BCUT2D eigenvalue weighted by molar-refractivity contribution is 0.263. The highest BCUT2D eigenvalue weighted by atomic mass is 16.3. The number of aliphatic imine (C=N–C) groups is 1. The molecule has 0 saturated carbocycles. The van der Waals surface area contributed by atoms with E-state index in [9.17, 15) is 9.90 Å². The van der Waals surface area contributed by atoms with Gasteiger partial charge in [0.25, 0.3) is 5.56 Å². The molecule has 8 nitrogen and oxygen atoms in total. The summed E-state index contributed by atoms with van der Waals surface area (Å²) in [6, 6.07) is 16.0. The highest BCUT2D eigenvalue weighted by Crippen LogP contribution is 2.30. The Labute approximate surface area is 210 Å². The molecule has 1 saturated heterocycles. The molecular formula is C28H32N6O2. The van der Waals surface area contributed by atoms with Crippen molar-refractivity contribution in [1.29, 1.82) is 0 Å². The minimum atomic E-state index is -0.260. The quantitative estimate of drug-likeness (QED) is 0.349. The van der Waals surface area contributed by atoms with Crippen LogP contribution in [0.4, 0.5) is 11.4 Å². The second-order valence-corrected chi connectivity index (χ2v) is 9.51. The Morgan fingerprint density at radius 1 is 1.14 bits per heavy atom. The van der Waals surface area contributed by atoms with E-state index >= 15 is 0 Å². The van der Waals surface area contributed by atoms with Gasteiger partial charge in [-0.3, -0.25) is 9.79 Å². The third-order valence-corrected chi connectivity index (χ3v) is 6.81. The van der Waals surface area contributed by atoms with E-state index in [-0.39, 0.29) is 18.1 Å². The van der Waals surface area contributed by atoms with Crippen molar-refractivity contribution in [3.63, 3.8) is 0 Å². The lowest BCUT2D eigenvalue weighted by atomic mass is 10.0. The number of likely N-dealkylation sites (N-methyl/N-ethyl adjacent to an activating group) is 1. The smallest absolute Gasteiger partial charge is 0.261 e. The third-order valence-electron chi connectivity index (χ3n) is 6.81. The molecule has 36 heavy (non-hydrogen) atoms. The summed E-state index contributed by atoms with van der Waals surface area (Å²) in [6.07, 6.45) is 3.98. The number of piperazine rings is 1. The van der Waals surface area contributed by atoms with E-state index in [1.807, 2.05) is 30.3 Å². The first-order chi connectivity index (χ1) is 17.5. The fourth-order valence-corrected chi connectivity index (χ4v) is 4.71. The average molecular weight is 485 g/mol. The average Bonchev–Trinajstić information content (AvgIpc) is 3.32. The van der Waals surface area contributed by atoms with Crippen LogP contribution in [-0.4, -0.2) is 71.0 Å². The predicted octanol–water partition coefficient (Wildman–Crippen LogP) is 3.53. The maximum absolute atomic E-state index is 12.9. The van der Waals surface area contributed by atoms with Gasteiger partial charge in [-0.25, -0.2) is 4.98 Å². The molecule has 0 bridgehead atoms. The zero-order chi connectivity index (χ0) is 25.1. The van der Waals surface area contributed by atoms with E-state index < -0.39 is 0 Å². The fourth-order valence-electron chi connectivity index (χ4n) is 4.71. The number of fused-ring (bicyclic) bond motifs is 1.